The Labute approximate surface area is 145 Å². The van der Waals surface area contributed by atoms with Crippen molar-refractivity contribution in [2.45, 2.75) is 0 Å². The molecule has 3 aromatic carbocycles. The van der Waals surface area contributed by atoms with Crippen LogP contribution in [0.3, 0.4) is 0 Å². The first-order valence-electron chi connectivity index (χ1n) is 8.29. The fourth-order valence-electron chi connectivity index (χ4n) is 3.27. The third-order valence-electron chi connectivity index (χ3n) is 4.48. The smallest absolute Gasteiger partial charge is 0.160 e. The average molecular weight is 321 g/mol. The quantitative estimate of drug-likeness (QED) is 0.470. The summed E-state index contributed by atoms with van der Waals surface area (Å²) in [7, 11) is 0. The van der Waals surface area contributed by atoms with Crippen LogP contribution in [-0.4, -0.2) is 15.0 Å². The number of aromatic amines is 1. The molecule has 0 saturated heterocycles. The molecular formula is C22H15N3. The summed E-state index contributed by atoms with van der Waals surface area (Å²) < 4.78 is 0. The maximum Gasteiger partial charge on any atom is 0.160 e. The van der Waals surface area contributed by atoms with Crippen LogP contribution < -0.4 is 0 Å². The zero-order chi connectivity index (χ0) is 16.6. The normalized spacial score (nSPS) is 11.2. The maximum atomic E-state index is 4.93. The number of para-hydroxylation sites is 2. The summed E-state index contributed by atoms with van der Waals surface area (Å²) in [4.78, 5) is 13.1. The molecule has 118 valence electrons. The predicted molar refractivity (Wildman–Crippen MR) is 102 cm³/mol. The van der Waals surface area contributed by atoms with Gasteiger partial charge < -0.3 is 4.98 Å². The van der Waals surface area contributed by atoms with Crippen molar-refractivity contribution >= 4 is 21.8 Å². The molecule has 5 aromatic rings. The monoisotopic (exact) mass is 321 g/mol. The molecule has 0 saturated carbocycles. The van der Waals surface area contributed by atoms with Crippen LogP contribution in [0, 0.1) is 0 Å². The molecule has 3 nitrogen and oxygen atoms in total. The Balaban J connectivity index is 1.85. The van der Waals surface area contributed by atoms with E-state index in [9.17, 15) is 0 Å². The number of rotatable bonds is 2. The molecule has 0 spiro atoms. The second-order valence-corrected chi connectivity index (χ2v) is 6.03. The van der Waals surface area contributed by atoms with Crippen LogP contribution in [0.25, 0.3) is 44.5 Å². The van der Waals surface area contributed by atoms with Gasteiger partial charge in [0.25, 0.3) is 0 Å². The fourth-order valence-corrected chi connectivity index (χ4v) is 3.27. The lowest BCUT2D eigenvalue weighted by Gasteiger charge is -2.08. The minimum Gasteiger partial charge on any atom is -0.360 e. The molecule has 3 heteroatoms. The lowest BCUT2D eigenvalue weighted by molar-refractivity contribution is 1.23. The molecule has 0 aliphatic carbocycles. The van der Waals surface area contributed by atoms with Crippen LogP contribution in [0.1, 0.15) is 0 Å². The van der Waals surface area contributed by atoms with Crippen molar-refractivity contribution in [2.24, 2.45) is 0 Å². The van der Waals surface area contributed by atoms with E-state index in [4.69, 9.17) is 9.97 Å². The van der Waals surface area contributed by atoms with Crippen molar-refractivity contribution in [1.82, 2.24) is 15.0 Å². The number of H-pyrrole nitrogens is 1. The van der Waals surface area contributed by atoms with Crippen LogP contribution >= 0.6 is 0 Å². The van der Waals surface area contributed by atoms with Gasteiger partial charge in [-0.15, -0.1) is 0 Å². The standard InChI is InChI=1S/C22H15N3/c1-2-8-15(9-3-1)22-24-20-13-7-5-11-17(20)21(25-22)18-14-23-19-12-6-4-10-16(18)19/h1-14,23H. The molecule has 0 aliphatic rings. The number of benzene rings is 3. The summed E-state index contributed by atoms with van der Waals surface area (Å²) in [5.41, 5.74) is 5.15. The largest absolute Gasteiger partial charge is 0.360 e. The van der Waals surface area contributed by atoms with Crippen molar-refractivity contribution in [3.63, 3.8) is 0 Å². The Bertz CT molecular complexity index is 1190. The third-order valence-corrected chi connectivity index (χ3v) is 4.48. The SMILES string of the molecule is c1ccc(-c2nc(-c3c[nH]c4ccccc34)c3ccccc3n2)cc1. The van der Waals surface area contributed by atoms with Crippen LogP contribution in [0.4, 0.5) is 0 Å². The van der Waals surface area contributed by atoms with Gasteiger partial charge >= 0.3 is 0 Å². The molecule has 0 radical (unpaired) electrons. The van der Waals surface area contributed by atoms with Gasteiger partial charge in [-0.2, -0.15) is 0 Å². The Kier molecular flexibility index (Phi) is 3.10. The van der Waals surface area contributed by atoms with E-state index in [0.717, 1.165) is 39.1 Å². The average Bonchev–Trinajstić information content (AvgIpc) is 3.12. The van der Waals surface area contributed by atoms with E-state index in [1.807, 2.05) is 60.8 Å². The van der Waals surface area contributed by atoms with E-state index >= 15 is 0 Å². The van der Waals surface area contributed by atoms with Gasteiger partial charge in [-0.3, -0.25) is 0 Å². The number of aromatic nitrogens is 3. The Morgan fingerprint density at radius 2 is 1.36 bits per heavy atom. The zero-order valence-electron chi connectivity index (χ0n) is 13.5. The van der Waals surface area contributed by atoms with Crippen molar-refractivity contribution in [3.05, 3.63) is 85.1 Å². The van der Waals surface area contributed by atoms with E-state index in [-0.39, 0.29) is 0 Å². The minimum absolute atomic E-state index is 0.750. The van der Waals surface area contributed by atoms with E-state index < -0.39 is 0 Å². The van der Waals surface area contributed by atoms with Gasteiger partial charge in [0.15, 0.2) is 5.82 Å². The highest BCUT2D eigenvalue weighted by Gasteiger charge is 2.14. The Morgan fingerprint density at radius 3 is 2.24 bits per heavy atom. The molecule has 1 N–H and O–H groups in total. The van der Waals surface area contributed by atoms with Gasteiger partial charge in [0.05, 0.1) is 11.2 Å². The van der Waals surface area contributed by atoms with E-state index in [0.29, 0.717) is 0 Å². The number of hydrogen-bond donors (Lipinski definition) is 1. The summed E-state index contributed by atoms with van der Waals surface area (Å²) in [6.45, 7) is 0. The van der Waals surface area contributed by atoms with Crippen LogP contribution in [-0.2, 0) is 0 Å². The number of fused-ring (bicyclic) bond motifs is 2. The van der Waals surface area contributed by atoms with Gasteiger partial charge in [-0.1, -0.05) is 66.7 Å². The highest BCUT2D eigenvalue weighted by Crippen LogP contribution is 2.33. The van der Waals surface area contributed by atoms with E-state index in [1.54, 1.807) is 0 Å². The van der Waals surface area contributed by atoms with Crippen LogP contribution in [0.2, 0.25) is 0 Å². The van der Waals surface area contributed by atoms with Gasteiger partial charge in [0.2, 0.25) is 0 Å². The minimum atomic E-state index is 0.750. The Hall–Kier alpha value is -3.46. The lowest BCUT2D eigenvalue weighted by Crippen LogP contribution is -1.94. The van der Waals surface area contributed by atoms with E-state index in [2.05, 4.69) is 29.2 Å². The molecule has 0 aliphatic heterocycles. The first kappa shape index (κ1) is 13.9. The Morgan fingerprint density at radius 1 is 0.640 bits per heavy atom. The maximum absolute atomic E-state index is 4.93. The molecule has 5 rings (SSSR count). The van der Waals surface area contributed by atoms with Crippen molar-refractivity contribution in [2.75, 3.05) is 0 Å². The third kappa shape index (κ3) is 2.29. The van der Waals surface area contributed by atoms with Crippen molar-refractivity contribution < 1.29 is 0 Å². The van der Waals surface area contributed by atoms with Crippen molar-refractivity contribution in [3.8, 4) is 22.6 Å². The molecule has 0 atom stereocenters. The first-order chi connectivity index (χ1) is 12.4. The predicted octanol–water partition coefficient (Wildman–Crippen LogP) is 5.45. The zero-order valence-corrected chi connectivity index (χ0v) is 13.5. The summed E-state index contributed by atoms with van der Waals surface area (Å²) >= 11 is 0. The highest BCUT2D eigenvalue weighted by atomic mass is 14.9. The molecule has 0 bridgehead atoms. The van der Waals surface area contributed by atoms with Gasteiger partial charge in [-0.25, -0.2) is 9.97 Å². The van der Waals surface area contributed by atoms with Crippen molar-refractivity contribution in [1.29, 1.82) is 0 Å². The second kappa shape index (κ2) is 5.56. The molecule has 0 unspecified atom stereocenters. The number of nitrogens with zero attached hydrogens (tertiary/aromatic N) is 2. The number of hydrogen-bond acceptors (Lipinski definition) is 2. The topological polar surface area (TPSA) is 41.6 Å². The van der Waals surface area contributed by atoms with Crippen LogP contribution in [0.15, 0.2) is 85.1 Å². The van der Waals surface area contributed by atoms with Crippen LogP contribution in [0.5, 0.6) is 0 Å². The molecule has 0 fully saturated rings. The molecule has 2 aromatic heterocycles. The molecule has 0 amide bonds. The molecule has 25 heavy (non-hydrogen) atoms. The summed E-state index contributed by atoms with van der Waals surface area (Å²) in [6, 6.07) is 26.6. The fraction of sp³-hybridized carbons (Fsp3) is 0. The molecule has 2 heterocycles. The summed E-state index contributed by atoms with van der Waals surface area (Å²) in [6.07, 6.45) is 2.04. The second-order valence-electron chi connectivity index (χ2n) is 6.03. The summed E-state index contributed by atoms with van der Waals surface area (Å²) in [5.74, 6) is 0.750. The number of nitrogens with one attached hydrogen (secondary N) is 1. The van der Waals surface area contributed by atoms with Gasteiger partial charge in [0.1, 0.15) is 0 Å². The van der Waals surface area contributed by atoms with E-state index in [1.165, 1.54) is 5.39 Å². The molecular weight excluding hydrogens is 306 g/mol. The summed E-state index contributed by atoms with van der Waals surface area (Å²) in [5, 5.41) is 2.23. The van der Waals surface area contributed by atoms with Gasteiger partial charge in [0, 0.05) is 33.6 Å². The van der Waals surface area contributed by atoms with Gasteiger partial charge in [-0.05, 0) is 12.1 Å². The first-order valence-corrected chi connectivity index (χ1v) is 8.29. The highest BCUT2D eigenvalue weighted by molar-refractivity contribution is 6.03. The lowest BCUT2D eigenvalue weighted by atomic mass is 10.0.